The number of methoxy groups -OCH3 is 1. The van der Waals surface area contributed by atoms with Gasteiger partial charge in [-0.25, -0.2) is 0 Å². The molecule has 0 radical (unpaired) electrons. The van der Waals surface area contributed by atoms with E-state index in [1.54, 1.807) is 0 Å². The molecule has 0 heterocycles. The van der Waals surface area contributed by atoms with Crippen LogP contribution in [0.3, 0.4) is 0 Å². The standard InChI is InChI=1S/C10H21NO4/c1-3-5-14-7-8-15-6-4-9(11)10(12)13-2/h9H,3-8,11H2,1-2H3. The Kier molecular flexibility index (Phi) is 9.46. The van der Waals surface area contributed by atoms with Crippen LogP contribution in [0.25, 0.3) is 0 Å². The van der Waals surface area contributed by atoms with Crippen LogP contribution in [0.2, 0.25) is 0 Å². The lowest BCUT2D eigenvalue weighted by Crippen LogP contribution is -2.32. The molecule has 0 aromatic rings. The fraction of sp³-hybridized carbons (Fsp3) is 0.900. The van der Waals surface area contributed by atoms with E-state index in [1.165, 1.54) is 7.11 Å². The molecular formula is C10H21NO4. The average molecular weight is 219 g/mol. The monoisotopic (exact) mass is 219 g/mol. The van der Waals surface area contributed by atoms with Crippen molar-refractivity contribution in [3.05, 3.63) is 0 Å². The first kappa shape index (κ1) is 14.3. The van der Waals surface area contributed by atoms with Crippen LogP contribution in [0.1, 0.15) is 19.8 Å². The second-order valence-electron chi connectivity index (χ2n) is 3.14. The molecule has 0 aliphatic carbocycles. The highest BCUT2D eigenvalue weighted by molar-refractivity contribution is 5.75. The molecule has 15 heavy (non-hydrogen) atoms. The van der Waals surface area contributed by atoms with Crippen molar-refractivity contribution in [2.75, 3.05) is 33.5 Å². The summed E-state index contributed by atoms with van der Waals surface area (Å²) in [5.41, 5.74) is 5.50. The fourth-order valence-corrected chi connectivity index (χ4v) is 0.946. The Morgan fingerprint density at radius 2 is 1.80 bits per heavy atom. The van der Waals surface area contributed by atoms with Gasteiger partial charge in [-0.15, -0.1) is 0 Å². The van der Waals surface area contributed by atoms with Crippen LogP contribution in [0.15, 0.2) is 0 Å². The Bertz CT molecular complexity index is 164. The van der Waals surface area contributed by atoms with E-state index in [0.717, 1.165) is 13.0 Å². The van der Waals surface area contributed by atoms with Crippen LogP contribution in [-0.2, 0) is 19.0 Å². The first-order chi connectivity index (χ1) is 7.22. The van der Waals surface area contributed by atoms with Gasteiger partial charge in [-0.2, -0.15) is 0 Å². The number of ether oxygens (including phenoxy) is 3. The van der Waals surface area contributed by atoms with Crippen LogP contribution in [0.5, 0.6) is 0 Å². The predicted molar refractivity (Wildman–Crippen MR) is 56.5 cm³/mol. The number of carbonyl (C=O) groups excluding carboxylic acids is 1. The average Bonchev–Trinajstić information content (AvgIpc) is 2.26. The molecule has 0 aromatic carbocycles. The van der Waals surface area contributed by atoms with Gasteiger partial charge in [-0.1, -0.05) is 6.92 Å². The van der Waals surface area contributed by atoms with Crippen LogP contribution < -0.4 is 5.73 Å². The molecule has 5 heteroatoms. The van der Waals surface area contributed by atoms with Gasteiger partial charge in [-0.3, -0.25) is 4.79 Å². The molecular weight excluding hydrogens is 198 g/mol. The zero-order valence-electron chi connectivity index (χ0n) is 9.53. The van der Waals surface area contributed by atoms with Gasteiger partial charge < -0.3 is 19.9 Å². The van der Waals surface area contributed by atoms with Crippen molar-refractivity contribution in [1.29, 1.82) is 0 Å². The summed E-state index contributed by atoms with van der Waals surface area (Å²) < 4.78 is 14.9. The predicted octanol–water partition coefficient (Wildman–Crippen LogP) is 0.320. The number of hydrogen-bond acceptors (Lipinski definition) is 5. The van der Waals surface area contributed by atoms with E-state index in [2.05, 4.69) is 11.7 Å². The molecule has 90 valence electrons. The lowest BCUT2D eigenvalue weighted by atomic mass is 10.2. The molecule has 2 N–H and O–H groups in total. The summed E-state index contributed by atoms with van der Waals surface area (Å²) >= 11 is 0. The van der Waals surface area contributed by atoms with Gasteiger partial charge in [0, 0.05) is 13.2 Å². The largest absolute Gasteiger partial charge is 0.468 e. The maximum Gasteiger partial charge on any atom is 0.322 e. The topological polar surface area (TPSA) is 70.8 Å². The number of esters is 1. The fourth-order valence-electron chi connectivity index (χ4n) is 0.946. The van der Waals surface area contributed by atoms with Gasteiger partial charge in [0.1, 0.15) is 6.04 Å². The van der Waals surface area contributed by atoms with Crippen molar-refractivity contribution < 1.29 is 19.0 Å². The molecule has 1 unspecified atom stereocenters. The number of carbonyl (C=O) groups is 1. The van der Waals surface area contributed by atoms with E-state index in [9.17, 15) is 4.79 Å². The van der Waals surface area contributed by atoms with Gasteiger partial charge in [0.05, 0.1) is 20.3 Å². The van der Waals surface area contributed by atoms with E-state index in [1.807, 2.05) is 0 Å². The normalized spacial score (nSPS) is 12.5. The first-order valence-corrected chi connectivity index (χ1v) is 5.21. The van der Waals surface area contributed by atoms with Gasteiger partial charge in [0.25, 0.3) is 0 Å². The summed E-state index contributed by atoms with van der Waals surface area (Å²) in [7, 11) is 1.32. The number of nitrogens with two attached hydrogens (primary N) is 1. The maximum atomic E-state index is 10.9. The third-order valence-electron chi connectivity index (χ3n) is 1.80. The van der Waals surface area contributed by atoms with E-state index < -0.39 is 12.0 Å². The lowest BCUT2D eigenvalue weighted by molar-refractivity contribution is -0.142. The summed E-state index contributed by atoms with van der Waals surface area (Å²) in [6, 6.07) is -0.591. The second-order valence-corrected chi connectivity index (χ2v) is 3.14. The van der Waals surface area contributed by atoms with Crippen molar-refractivity contribution in [3.63, 3.8) is 0 Å². The third kappa shape index (κ3) is 8.35. The molecule has 1 atom stereocenters. The summed E-state index contributed by atoms with van der Waals surface area (Å²) in [5.74, 6) is -0.402. The Labute approximate surface area is 90.9 Å². The van der Waals surface area contributed by atoms with Gasteiger partial charge in [0.2, 0.25) is 0 Å². The first-order valence-electron chi connectivity index (χ1n) is 5.21. The van der Waals surface area contributed by atoms with Crippen LogP contribution in [0, 0.1) is 0 Å². The zero-order chi connectivity index (χ0) is 11.5. The molecule has 0 spiro atoms. The minimum atomic E-state index is -0.591. The van der Waals surface area contributed by atoms with E-state index in [0.29, 0.717) is 26.2 Å². The highest BCUT2D eigenvalue weighted by atomic mass is 16.5. The summed E-state index contributed by atoms with van der Waals surface area (Å²) in [5, 5.41) is 0. The molecule has 0 fully saturated rings. The Morgan fingerprint density at radius 1 is 1.20 bits per heavy atom. The highest BCUT2D eigenvalue weighted by Crippen LogP contribution is 1.92. The van der Waals surface area contributed by atoms with Crippen molar-refractivity contribution >= 4 is 5.97 Å². The third-order valence-corrected chi connectivity index (χ3v) is 1.80. The molecule has 0 aliphatic rings. The lowest BCUT2D eigenvalue weighted by Gasteiger charge is -2.09. The van der Waals surface area contributed by atoms with Crippen LogP contribution in [0.4, 0.5) is 0 Å². The van der Waals surface area contributed by atoms with Crippen molar-refractivity contribution in [2.24, 2.45) is 5.73 Å². The molecule has 0 amide bonds. The van der Waals surface area contributed by atoms with Gasteiger partial charge >= 0.3 is 5.97 Å². The summed E-state index contributed by atoms with van der Waals surface area (Å²) in [6.07, 6.45) is 1.48. The van der Waals surface area contributed by atoms with Crippen LogP contribution in [-0.4, -0.2) is 45.5 Å². The maximum absolute atomic E-state index is 10.9. The van der Waals surface area contributed by atoms with Crippen molar-refractivity contribution in [2.45, 2.75) is 25.8 Å². The van der Waals surface area contributed by atoms with E-state index in [-0.39, 0.29) is 0 Å². The minimum absolute atomic E-state index is 0.402. The highest BCUT2D eigenvalue weighted by Gasteiger charge is 2.12. The van der Waals surface area contributed by atoms with E-state index >= 15 is 0 Å². The Morgan fingerprint density at radius 3 is 2.33 bits per heavy atom. The van der Waals surface area contributed by atoms with E-state index in [4.69, 9.17) is 15.2 Å². The molecule has 5 nitrogen and oxygen atoms in total. The molecule has 0 saturated carbocycles. The number of rotatable bonds is 9. The van der Waals surface area contributed by atoms with Crippen molar-refractivity contribution in [3.8, 4) is 0 Å². The Balaban J connectivity index is 3.20. The molecule has 0 saturated heterocycles. The molecule has 0 bridgehead atoms. The smallest absolute Gasteiger partial charge is 0.322 e. The Hall–Kier alpha value is -0.650. The van der Waals surface area contributed by atoms with Crippen molar-refractivity contribution in [1.82, 2.24) is 0 Å². The molecule has 0 aromatic heterocycles. The second kappa shape index (κ2) is 9.89. The quantitative estimate of drug-likeness (QED) is 0.446. The molecule has 0 aliphatic heterocycles. The minimum Gasteiger partial charge on any atom is -0.468 e. The summed E-state index contributed by atoms with van der Waals surface area (Å²) in [4.78, 5) is 10.9. The SMILES string of the molecule is CCCOCCOCCC(N)C(=O)OC. The number of hydrogen-bond donors (Lipinski definition) is 1. The summed E-state index contributed by atoms with van der Waals surface area (Å²) in [6.45, 7) is 4.38. The molecule has 0 rings (SSSR count). The van der Waals surface area contributed by atoms with Gasteiger partial charge in [-0.05, 0) is 12.8 Å². The van der Waals surface area contributed by atoms with Gasteiger partial charge in [0.15, 0.2) is 0 Å². The zero-order valence-corrected chi connectivity index (χ0v) is 9.53. The van der Waals surface area contributed by atoms with Crippen LogP contribution >= 0.6 is 0 Å².